The Morgan fingerprint density at radius 1 is 0.409 bits per heavy atom. The molecular weight excluding hydrogens is 1110 g/mol. The van der Waals surface area contributed by atoms with Gasteiger partial charge in [-0.1, -0.05) is 286 Å². The molecule has 2 heterocycles. The van der Waals surface area contributed by atoms with Crippen LogP contribution in [0, 0.1) is 0 Å². The molecule has 514 valence electrons. The number of unbranched alkanes of at least 4 members (excludes halogenated alkanes) is 39. The monoisotopic (exact) mass is 1250 g/mol. The van der Waals surface area contributed by atoms with Gasteiger partial charge in [0.15, 0.2) is 12.6 Å². The molecule has 88 heavy (non-hydrogen) atoms. The van der Waals surface area contributed by atoms with E-state index in [1.165, 1.54) is 225 Å². The largest absolute Gasteiger partial charge is 0.394 e. The van der Waals surface area contributed by atoms with Crippen molar-refractivity contribution < 1.29 is 64.6 Å². The molecule has 0 spiro atoms. The minimum Gasteiger partial charge on any atom is -0.394 e. The number of carbonyl (C=O) groups excluding carboxylic acids is 1. The molecule has 0 saturated carbocycles. The second-order valence-electron chi connectivity index (χ2n) is 25.7. The molecule has 0 bridgehead atoms. The van der Waals surface area contributed by atoms with E-state index in [1.807, 2.05) is 6.08 Å². The normalized spacial score (nSPS) is 23.5. The van der Waals surface area contributed by atoms with Gasteiger partial charge in [-0.3, -0.25) is 4.79 Å². The predicted octanol–water partition coefficient (Wildman–Crippen LogP) is 15.2. The van der Waals surface area contributed by atoms with Crippen LogP contribution >= 0.6 is 0 Å². The van der Waals surface area contributed by atoms with Crippen molar-refractivity contribution in [2.75, 3.05) is 19.8 Å². The summed E-state index contributed by atoms with van der Waals surface area (Å²) >= 11 is 0. The Morgan fingerprint density at radius 2 is 0.761 bits per heavy atom. The zero-order valence-corrected chi connectivity index (χ0v) is 56.0. The van der Waals surface area contributed by atoms with Gasteiger partial charge in [-0.05, 0) is 77.0 Å². The van der Waals surface area contributed by atoms with E-state index in [0.29, 0.717) is 12.8 Å². The third-order valence-electron chi connectivity index (χ3n) is 17.7. The van der Waals surface area contributed by atoms with E-state index in [9.17, 15) is 45.6 Å². The summed E-state index contributed by atoms with van der Waals surface area (Å²) in [5.41, 5.74) is 0. The van der Waals surface area contributed by atoms with Gasteiger partial charge in [0.25, 0.3) is 0 Å². The van der Waals surface area contributed by atoms with Gasteiger partial charge in [-0.25, -0.2) is 0 Å². The molecule has 2 aliphatic heterocycles. The third kappa shape index (κ3) is 42.0. The molecule has 12 atom stereocenters. The van der Waals surface area contributed by atoms with Crippen LogP contribution in [0.5, 0.6) is 0 Å². The first-order chi connectivity index (χ1) is 43.1. The summed E-state index contributed by atoms with van der Waals surface area (Å²) in [5.74, 6) is -0.250. The lowest BCUT2D eigenvalue weighted by Crippen LogP contribution is -2.65. The van der Waals surface area contributed by atoms with Crippen molar-refractivity contribution in [2.45, 2.75) is 383 Å². The second kappa shape index (κ2) is 58.5. The maximum absolute atomic E-state index is 13.3. The number of aliphatic hydroxyl groups is 8. The van der Waals surface area contributed by atoms with Crippen LogP contribution in [0.2, 0.25) is 0 Å². The molecule has 0 aromatic rings. The van der Waals surface area contributed by atoms with Crippen LogP contribution in [-0.4, -0.2) is 140 Å². The van der Waals surface area contributed by atoms with Crippen molar-refractivity contribution in [2.24, 2.45) is 0 Å². The van der Waals surface area contributed by atoms with E-state index >= 15 is 0 Å². The number of amides is 1. The molecule has 14 nitrogen and oxygen atoms in total. The number of ether oxygens (including phenoxy) is 4. The quantitative estimate of drug-likeness (QED) is 0.0204. The van der Waals surface area contributed by atoms with E-state index in [0.717, 1.165) is 51.4 Å². The summed E-state index contributed by atoms with van der Waals surface area (Å²) in [6.45, 7) is 2.77. The fraction of sp³-hybridized carbons (Fsp3) is 0.851. The summed E-state index contributed by atoms with van der Waals surface area (Å²) in [6, 6.07) is -0.938. The SMILES string of the molecule is CCCCCCC/C=C\C/C=C\CCCCCCCCCCCCCCCCCCCCCCCCCCCCCC(=O)NC(COC1OC(CO)C(OC2OC(CO)C(O)C(O)C2O)C(O)C1O)C(O)/C=C/CC/C=C/CC/C=C/CCCCCCC. The summed E-state index contributed by atoms with van der Waals surface area (Å²) in [6.07, 6.45) is 61.7. The Morgan fingerprint density at radius 3 is 1.18 bits per heavy atom. The Labute approximate surface area is 536 Å². The number of aliphatic hydroxyl groups excluding tert-OH is 8. The number of rotatable bonds is 60. The second-order valence-corrected chi connectivity index (χ2v) is 25.7. The van der Waals surface area contributed by atoms with Gasteiger partial charge in [0, 0.05) is 6.42 Å². The molecule has 0 radical (unpaired) electrons. The van der Waals surface area contributed by atoms with Crippen LogP contribution in [0.3, 0.4) is 0 Å². The number of nitrogens with one attached hydrogen (secondary N) is 1. The highest BCUT2D eigenvalue weighted by atomic mass is 16.7. The molecular formula is C74H135NO13. The fourth-order valence-corrected chi connectivity index (χ4v) is 11.8. The fourth-order valence-electron chi connectivity index (χ4n) is 11.8. The van der Waals surface area contributed by atoms with Crippen molar-refractivity contribution in [1.82, 2.24) is 5.32 Å². The highest BCUT2D eigenvalue weighted by Gasteiger charge is 2.51. The first-order valence-corrected chi connectivity index (χ1v) is 36.5. The van der Waals surface area contributed by atoms with Gasteiger partial charge in [0.1, 0.15) is 48.8 Å². The van der Waals surface area contributed by atoms with Crippen molar-refractivity contribution in [3.63, 3.8) is 0 Å². The standard InChI is InChI=1S/C74H135NO13/c1-3-5-7-9-11-13-15-17-19-20-21-22-23-24-25-26-27-28-29-30-31-32-33-34-35-36-37-38-39-40-41-42-44-46-48-50-52-54-56-58-66(79)75-62(63(78)57-55-53-51-49-47-45-43-18-16-14-12-10-8-6-4-2)61-85-73-71(84)69(82)72(65(60-77)87-73)88-74-70(83)68(81)67(80)64(59-76)86-74/h15-18,20-21,47,49,55,57,62-65,67-74,76-78,80-84H,3-14,19,22-46,48,50-54,56,58-61H2,1-2H3,(H,75,79)/b17-15-,18-16+,21-20-,49-47+,57-55+. The van der Waals surface area contributed by atoms with Gasteiger partial charge >= 0.3 is 0 Å². The highest BCUT2D eigenvalue weighted by Crippen LogP contribution is 2.30. The van der Waals surface area contributed by atoms with Crippen molar-refractivity contribution in [3.05, 3.63) is 60.8 Å². The number of hydrogen-bond acceptors (Lipinski definition) is 13. The molecule has 1 amide bonds. The Kier molecular flexibility index (Phi) is 54.4. The molecule has 0 aromatic carbocycles. The van der Waals surface area contributed by atoms with Gasteiger partial charge in [0.2, 0.25) is 5.91 Å². The number of carbonyl (C=O) groups is 1. The van der Waals surface area contributed by atoms with E-state index in [2.05, 4.69) is 67.8 Å². The van der Waals surface area contributed by atoms with Crippen molar-refractivity contribution in [1.29, 1.82) is 0 Å². The molecule has 14 heteroatoms. The predicted molar refractivity (Wildman–Crippen MR) is 360 cm³/mol. The van der Waals surface area contributed by atoms with Gasteiger partial charge in [0.05, 0.1) is 32.0 Å². The minimum absolute atomic E-state index is 0.250. The van der Waals surface area contributed by atoms with Gasteiger partial charge in [-0.2, -0.15) is 0 Å². The highest BCUT2D eigenvalue weighted by molar-refractivity contribution is 5.76. The molecule has 2 fully saturated rings. The molecule has 12 unspecified atom stereocenters. The van der Waals surface area contributed by atoms with E-state index in [1.54, 1.807) is 6.08 Å². The maximum atomic E-state index is 13.3. The van der Waals surface area contributed by atoms with Crippen molar-refractivity contribution in [3.8, 4) is 0 Å². The number of hydrogen-bond donors (Lipinski definition) is 9. The van der Waals surface area contributed by atoms with Crippen molar-refractivity contribution >= 4 is 5.91 Å². The van der Waals surface area contributed by atoms with E-state index in [4.69, 9.17) is 18.9 Å². The lowest BCUT2D eigenvalue weighted by atomic mass is 9.97. The van der Waals surface area contributed by atoms with Crippen LogP contribution in [0.25, 0.3) is 0 Å². The van der Waals surface area contributed by atoms with Crippen LogP contribution in [0.1, 0.15) is 309 Å². The molecule has 0 aromatic heterocycles. The number of allylic oxidation sites excluding steroid dienone is 9. The minimum atomic E-state index is -1.79. The Bertz CT molecular complexity index is 1710. The zero-order chi connectivity index (χ0) is 63.8. The molecule has 9 N–H and O–H groups in total. The first-order valence-electron chi connectivity index (χ1n) is 36.5. The smallest absolute Gasteiger partial charge is 0.220 e. The zero-order valence-electron chi connectivity index (χ0n) is 56.0. The molecule has 2 saturated heterocycles. The summed E-state index contributed by atoms with van der Waals surface area (Å²) in [7, 11) is 0. The lowest BCUT2D eigenvalue weighted by Gasteiger charge is -2.46. The summed E-state index contributed by atoms with van der Waals surface area (Å²) in [4.78, 5) is 13.3. The lowest BCUT2D eigenvalue weighted by molar-refractivity contribution is -0.359. The van der Waals surface area contributed by atoms with Gasteiger partial charge < -0.3 is 65.1 Å². The van der Waals surface area contributed by atoms with Gasteiger partial charge in [-0.15, -0.1) is 0 Å². The van der Waals surface area contributed by atoms with Crippen LogP contribution in [0.4, 0.5) is 0 Å². The van der Waals surface area contributed by atoms with Crippen LogP contribution in [-0.2, 0) is 23.7 Å². The molecule has 2 rings (SSSR count). The average Bonchev–Trinajstić information content (AvgIpc) is 2.99. The Hall–Kier alpha value is -2.31. The summed E-state index contributed by atoms with van der Waals surface area (Å²) < 4.78 is 22.8. The van der Waals surface area contributed by atoms with E-state index < -0.39 is 86.8 Å². The third-order valence-corrected chi connectivity index (χ3v) is 17.7. The first kappa shape index (κ1) is 81.8. The van der Waals surface area contributed by atoms with Crippen LogP contribution < -0.4 is 5.32 Å². The molecule has 2 aliphatic rings. The molecule has 0 aliphatic carbocycles. The topological polar surface area (TPSA) is 228 Å². The van der Waals surface area contributed by atoms with E-state index in [-0.39, 0.29) is 18.9 Å². The average molecular weight is 1250 g/mol. The van der Waals surface area contributed by atoms with Crippen LogP contribution in [0.15, 0.2) is 60.8 Å². The Balaban J connectivity index is 1.56. The summed E-state index contributed by atoms with van der Waals surface area (Å²) in [5, 5.41) is 87.3. The maximum Gasteiger partial charge on any atom is 0.220 e.